The molecule has 0 fully saturated rings. The molecule has 0 aliphatic heterocycles. The molecule has 0 unspecified atom stereocenters. The highest BCUT2D eigenvalue weighted by molar-refractivity contribution is 9.10. The van der Waals surface area contributed by atoms with E-state index in [1.54, 1.807) is 31.3 Å². The Morgan fingerprint density at radius 2 is 1.87 bits per heavy atom. The van der Waals surface area contributed by atoms with Crippen molar-refractivity contribution in [2.24, 2.45) is 7.05 Å². The molecule has 0 spiro atoms. The lowest BCUT2D eigenvalue weighted by atomic mass is 10.1. The molecule has 1 N–H and O–H groups in total. The quantitative estimate of drug-likeness (QED) is 0.496. The highest BCUT2D eigenvalue weighted by Gasteiger charge is 2.17. The van der Waals surface area contributed by atoms with Crippen LogP contribution in [0.3, 0.4) is 0 Å². The molecule has 9 heteroatoms. The van der Waals surface area contributed by atoms with Crippen molar-refractivity contribution in [2.75, 3.05) is 0 Å². The number of Topliss-reactive ketones (excluding diaryl/α,β-unsaturated/α-hetero) is 1. The maximum absolute atomic E-state index is 12.4. The molecule has 0 radical (unpaired) electrons. The van der Waals surface area contributed by atoms with Gasteiger partial charge in [0, 0.05) is 17.1 Å². The van der Waals surface area contributed by atoms with Crippen LogP contribution < -0.4 is 11.2 Å². The van der Waals surface area contributed by atoms with Crippen molar-refractivity contribution >= 4 is 48.8 Å². The van der Waals surface area contributed by atoms with E-state index in [1.807, 2.05) is 0 Å². The van der Waals surface area contributed by atoms with Crippen LogP contribution >= 0.6 is 31.9 Å². The average molecular weight is 442 g/mol. The zero-order valence-electron chi connectivity index (χ0n) is 11.8. The number of halogens is 2. The first kappa shape index (κ1) is 15.9. The van der Waals surface area contributed by atoms with Gasteiger partial charge in [-0.2, -0.15) is 0 Å². The van der Waals surface area contributed by atoms with E-state index in [0.29, 0.717) is 10.3 Å². The van der Waals surface area contributed by atoms with E-state index in [4.69, 9.17) is 0 Å². The summed E-state index contributed by atoms with van der Waals surface area (Å²) in [7, 11) is 1.64. The second-order valence-electron chi connectivity index (χ2n) is 4.89. The maximum Gasteiger partial charge on any atom is 0.330 e. The van der Waals surface area contributed by atoms with Gasteiger partial charge in [-0.05, 0) is 28.1 Å². The van der Waals surface area contributed by atoms with Crippen LogP contribution in [0.15, 0.2) is 43.1 Å². The van der Waals surface area contributed by atoms with Gasteiger partial charge >= 0.3 is 5.69 Å². The fourth-order valence-corrected chi connectivity index (χ4v) is 2.85. The van der Waals surface area contributed by atoms with Gasteiger partial charge in [0.05, 0.1) is 6.54 Å². The zero-order chi connectivity index (χ0) is 16.7. The molecule has 0 atom stereocenters. The van der Waals surface area contributed by atoms with Crippen molar-refractivity contribution < 1.29 is 4.79 Å². The Labute approximate surface area is 146 Å². The number of carbonyl (C=O) groups is 1. The number of fused-ring (bicyclic) bond motifs is 1. The summed E-state index contributed by atoms with van der Waals surface area (Å²) in [5.74, 6) is -0.255. The Hall–Kier alpha value is -2.00. The molecule has 2 aromatic heterocycles. The van der Waals surface area contributed by atoms with E-state index in [2.05, 4.69) is 41.8 Å². The van der Waals surface area contributed by atoms with Crippen molar-refractivity contribution in [2.45, 2.75) is 6.54 Å². The molecule has 0 amide bonds. The topological polar surface area (TPSA) is 89.8 Å². The largest absolute Gasteiger partial charge is 0.330 e. The van der Waals surface area contributed by atoms with E-state index in [0.717, 1.165) is 9.04 Å². The molecule has 3 aromatic rings. The summed E-state index contributed by atoms with van der Waals surface area (Å²) in [4.78, 5) is 42.8. The van der Waals surface area contributed by atoms with Crippen molar-refractivity contribution in [3.63, 3.8) is 0 Å². The fourth-order valence-electron chi connectivity index (χ4n) is 2.24. The van der Waals surface area contributed by atoms with Gasteiger partial charge in [-0.15, -0.1) is 0 Å². The summed E-state index contributed by atoms with van der Waals surface area (Å²) in [5, 5.41) is 0. The SMILES string of the molecule is Cn1c(Br)nc2c1c(=O)[nH]c(=O)n2CC(=O)c1ccc(Br)cc1. The Bertz CT molecular complexity index is 1030. The Kier molecular flexibility index (Phi) is 4.07. The van der Waals surface area contributed by atoms with Crippen LogP contribution in [-0.4, -0.2) is 24.9 Å². The predicted octanol–water partition coefficient (Wildman–Crippen LogP) is 1.83. The number of aryl methyl sites for hydroxylation is 1. The minimum Gasteiger partial charge on any atom is -0.316 e. The number of imidazole rings is 1. The third-order valence-corrected chi connectivity index (χ3v) is 4.66. The third-order valence-electron chi connectivity index (χ3n) is 3.43. The van der Waals surface area contributed by atoms with Crippen molar-refractivity contribution in [3.05, 3.63) is 59.9 Å². The first-order valence-electron chi connectivity index (χ1n) is 6.52. The molecule has 0 aliphatic rings. The maximum atomic E-state index is 12.4. The third kappa shape index (κ3) is 2.81. The number of H-pyrrole nitrogens is 1. The summed E-state index contributed by atoms with van der Waals surface area (Å²) < 4.78 is 3.92. The van der Waals surface area contributed by atoms with Crippen LogP contribution in [-0.2, 0) is 13.6 Å². The number of aromatic amines is 1. The second kappa shape index (κ2) is 5.89. The minimum atomic E-state index is -0.668. The number of nitrogens with one attached hydrogen (secondary N) is 1. The standard InChI is InChI=1S/C14H10Br2N4O3/c1-19-10-11(17-13(19)16)20(14(23)18-12(10)22)6-9(21)7-2-4-8(15)5-3-7/h2-5H,6H2,1H3,(H,18,22,23). The van der Waals surface area contributed by atoms with E-state index in [-0.39, 0.29) is 23.5 Å². The van der Waals surface area contributed by atoms with Gasteiger partial charge in [0.2, 0.25) is 0 Å². The Balaban J connectivity index is 2.12. The summed E-state index contributed by atoms with van der Waals surface area (Å²) in [5.41, 5.74) is -0.357. The lowest BCUT2D eigenvalue weighted by Gasteiger charge is -2.06. The monoisotopic (exact) mass is 440 g/mol. The molecule has 3 rings (SSSR count). The average Bonchev–Trinajstić information content (AvgIpc) is 2.80. The van der Waals surface area contributed by atoms with E-state index in [1.165, 1.54) is 4.57 Å². The lowest BCUT2D eigenvalue weighted by Crippen LogP contribution is -2.33. The number of hydrogen-bond acceptors (Lipinski definition) is 4. The first-order chi connectivity index (χ1) is 10.9. The number of nitrogens with zero attached hydrogens (tertiary/aromatic N) is 3. The van der Waals surface area contributed by atoms with Crippen LogP contribution in [0, 0.1) is 0 Å². The van der Waals surface area contributed by atoms with Crippen LogP contribution in [0.1, 0.15) is 10.4 Å². The second-order valence-corrected chi connectivity index (χ2v) is 6.51. The first-order valence-corrected chi connectivity index (χ1v) is 8.11. The van der Waals surface area contributed by atoms with Gasteiger partial charge in [-0.3, -0.25) is 19.1 Å². The van der Waals surface area contributed by atoms with Gasteiger partial charge in [-0.1, -0.05) is 28.1 Å². The molecule has 7 nitrogen and oxygen atoms in total. The van der Waals surface area contributed by atoms with Gasteiger partial charge < -0.3 is 4.57 Å². The number of carbonyl (C=O) groups excluding carboxylic acids is 1. The van der Waals surface area contributed by atoms with Gasteiger partial charge in [0.1, 0.15) is 0 Å². The minimum absolute atomic E-state index is 0.165. The van der Waals surface area contributed by atoms with Crippen molar-refractivity contribution in [3.8, 4) is 0 Å². The highest BCUT2D eigenvalue weighted by Crippen LogP contribution is 2.15. The Morgan fingerprint density at radius 3 is 2.52 bits per heavy atom. The fraction of sp³-hybridized carbons (Fsp3) is 0.143. The summed E-state index contributed by atoms with van der Waals surface area (Å²) >= 11 is 6.51. The Morgan fingerprint density at radius 1 is 1.22 bits per heavy atom. The molecular weight excluding hydrogens is 432 g/mol. The molecule has 23 heavy (non-hydrogen) atoms. The lowest BCUT2D eigenvalue weighted by molar-refractivity contribution is 0.0971. The van der Waals surface area contributed by atoms with Gasteiger partial charge in [0.25, 0.3) is 5.56 Å². The number of ketones is 1. The predicted molar refractivity (Wildman–Crippen MR) is 91.8 cm³/mol. The van der Waals surface area contributed by atoms with Crippen molar-refractivity contribution in [1.82, 2.24) is 19.1 Å². The summed E-state index contributed by atoms with van der Waals surface area (Å²) in [6, 6.07) is 6.81. The van der Waals surface area contributed by atoms with Crippen LogP contribution in [0.25, 0.3) is 11.2 Å². The van der Waals surface area contributed by atoms with Gasteiger partial charge in [0.15, 0.2) is 21.7 Å². The number of hydrogen-bond donors (Lipinski definition) is 1. The highest BCUT2D eigenvalue weighted by atomic mass is 79.9. The van der Waals surface area contributed by atoms with Crippen LogP contribution in [0.5, 0.6) is 0 Å². The number of benzene rings is 1. The van der Waals surface area contributed by atoms with E-state index in [9.17, 15) is 14.4 Å². The smallest absolute Gasteiger partial charge is 0.316 e. The molecule has 1 aromatic carbocycles. The molecule has 0 aliphatic carbocycles. The molecular formula is C14H10Br2N4O3. The van der Waals surface area contributed by atoms with Crippen molar-refractivity contribution in [1.29, 1.82) is 0 Å². The molecule has 0 bridgehead atoms. The van der Waals surface area contributed by atoms with Crippen LogP contribution in [0.2, 0.25) is 0 Å². The zero-order valence-corrected chi connectivity index (χ0v) is 15.0. The number of aromatic nitrogens is 4. The molecule has 0 saturated heterocycles. The van der Waals surface area contributed by atoms with E-state index >= 15 is 0 Å². The summed E-state index contributed by atoms with van der Waals surface area (Å²) in [6.07, 6.45) is 0. The summed E-state index contributed by atoms with van der Waals surface area (Å²) in [6.45, 7) is -0.211. The van der Waals surface area contributed by atoms with Gasteiger partial charge in [-0.25, -0.2) is 9.78 Å². The number of rotatable bonds is 3. The molecule has 2 heterocycles. The molecule has 0 saturated carbocycles. The normalized spacial score (nSPS) is 11.1. The van der Waals surface area contributed by atoms with E-state index < -0.39 is 11.2 Å². The van der Waals surface area contributed by atoms with Crippen LogP contribution in [0.4, 0.5) is 0 Å². The molecule has 118 valence electrons.